The van der Waals surface area contributed by atoms with Gasteiger partial charge in [-0.1, -0.05) is 25.1 Å². The molecule has 2 amide bonds. The lowest BCUT2D eigenvalue weighted by Crippen LogP contribution is -2.22. The number of nitrogens with one attached hydrogen (secondary N) is 2. The van der Waals surface area contributed by atoms with Crippen molar-refractivity contribution in [2.24, 2.45) is 11.0 Å². The van der Waals surface area contributed by atoms with Crippen LogP contribution in [0.15, 0.2) is 35.4 Å². The molecule has 118 valence electrons. The summed E-state index contributed by atoms with van der Waals surface area (Å²) >= 11 is 0. The Morgan fingerprint density at radius 1 is 1.18 bits per heavy atom. The molecule has 0 radical (unpaired) electrons. The van der Waals surface area contributed by atoms with Crippen LogP contribution in [0.4, 0.5) is 5.69 Å². The summed E-state index contributed by atoms with van der Waals surface area (Å²) in [7, 11) is 0. The third kappa shape index (κ3) is 4.98. The van der Waals surface area contributed by atoms with Gasteiger partial charge >= 0.3 is 0 Å². The lowest BCUT2D eigenvalue weighted by molar-refractivity contribution is -0.124. The van der Waals surface area contributed by atoms with Gasteiger partial charge < -0.3 is 5.32 Å². The maximum Gasteiger partial charge on any atom is 0.240 e. The van der Waals surface area contributed by atoms with Crippen LogP contribution in [-0.4, -0.2) is 17.5 Å². The van der Waals surface area contributed by atoms with Gasteiger partial charge in [0.05, 0.1) is 0 Å². The molecule has 1 fully saturated rings. The third-order valence-electron chi connectivity index (χ3n) is 3.91. The van der Waals surface area contributed by atoms with Crippen LogP contribution in [0.2, 0.25) is 0 Å². The van der Waals surface area contributed by atoms with Crippen LogP contribution in [0.5, 0.6) is 0 Å². The minimum absolute atomic E-state index is 0.145. The molecular weight excluding hydrogens is 278 g/mol. The fraction of sp³-hybridized carbons (Fsp3) is 0.471. The van der Waals surface area contributed by atoms with Gasteiger partial charge in [-0.3, -0.25) is 9.59 Å². The molecule has 1 atom stereocenters. The summed E-state index contributed by atoms with van der Waals surface area (Å²) in [5.41, 5.74) is 4.41. The largest absolute Gasteiger partial charge is 0.326 e. The monoisotopic (exact) mass is 301 g/mol. The Morgan fingerprint density at radius 3 is 2.64 bits per heavy atom. The average molecular weight is 301 g/mol. The zero-order valence-electron chi connectivity index (χ0n) is 13.0. The lowest BCUT2D eigenvalue weighted by Gasteiger charge is -2.08. The normalized spacial score (nSPS) is 19.1. The summed E-state index contributed by atoms with van der Waals surface area (Å²) in [6, 6.07) is 9.22. The maximum atomic E-state index is 11.8. The van der Waals surface area contributed by atoms with Crippen molar-refractivity contribution in [1.29, 1.82) is 0 Å². The van der Waals surface area contributed by atoms with Crippen molar-refractivity contribution >= 4 is 23.2 Å². The Morgan fingerprint density at radius 2 is 1.91 bits per heavy atom. The Bertz CT molecular complexity index is 540. The Kier molecular flexibility index (Phi) is 6.13. The molecular formula is C17H23N3O2. The van der Waals surface area contributed by atoms with Crippen LogP contribution >= 0.6 is 0 Å². The number of amides is 2. The molecule has 0 aromatic heterocycles. The molecule has 1 aliphatic carbocycles. The first-order valence-corrected chi connectivity index (χ1v) is 7.89. The van der Waals surface area contributed by atoms with Crippen molar-refractivity contribution in [3.63, 3.8) is 0 Å². The van der Waals surface area contributed by atoms with Crippen LogP contribution < -0.4 is 10.7 Å². The number of nitrogens with zero attached hydrogens (tertiary/aromatic N) is 1. The van der Waals surface area contributed by atoms with Crippen molar-refractivity contribution < 1.29 is 9.59 Å². The Labute approximate surface area is 131 Å². The fourth-order valence-electron chi connectivity index (χ4n) is 2.65. The topological polar surface area (TPSA) is 70.6 Å². The van der Waals surface area contributed by atoms with E-state index in [9.17, 15) is 9.59 Å². The SMILES string of the molecule is CCC1CCC/C1=N/NC(=O)CCC(=O)Nc1ccccc1. The zero-order chi connectivity index (χ0) is 15.8. The van der Waals surface area contributed by atoms with Crippen molar-refractivity contribution in [3.8, 4) is 0 Å². The van der Waals surface area contributed by atoms with E-state index in [1.165, 1.54) is 0 Å². The van der Waals surface area contributed by atoms with Crippen LogP contribution in [-0.2, 0) is 9.59 Å². The van der Waals surface area contributed by atoms with E-state index in [1.807, 2.05) is 30.3 Å². The van der Waals surface area contributed by atoms with Crippen molar-refractivity contribution in [2.45, 2.75) is 45.4 Å². The van der Waals surface area contributed by atoms with E-state index >= 15 is 0 Å². The van der Waals surface area contributed by atoms with Gasteiger partial charge in [-0.2, -0.15) is 5.10 Å². The van der Waals surface area contributed by atoms with E-state index < -0.39 is 0 Å². The highest BCUT2D eigenvalue weighted by atomic mass is 16.2. The number of hydrogen-bond acceptors (Lipinski definition) is 3. The third-order valence-corrected chi connectivity index (χ3v) is 3.91. The number of para-hydroxylation sites is 1. The van der Waals surface area contributed by atoms with Gasteiger partial charge in [0.25, 0.3) is 0 Å². The van der Waals surface area contributed by atoms with E-state index in [0.29, 0.717) is 5.92 Å². The smallest absolute Gasteiger partial charge is 0.240 e. The van der Waals surface area contributed by atoms with Gasteiger partial charge in [-0.25, -0.2) is 5.43 Å². The molecule has 0 heterocycles. The minimum atomic E-state index is -0.211. The second-order valence-electron chi connectivity index (χ2n) is 5.55. The van der Waals surface area contributed by atoms with Crippen molar-refractivity contribution in [3.05, 3.63) is 30.3 Å². The number of carbonyl (C=O) groups is 2. The highest BCUT2D eigenvalue weighted by molar-refractivity contribution is 5.93. The summed E-state index contributed by atoms with van der Waals surface area (Å²) in [4.78, 5) is 23.5. The van der Waals surface area contributed by atoms with Crippen LogP contribution in [0.25, 0.3) is 0 Å². The molecule has 1 aliphatic rings. The van der Waals surface area contributed by atoms with Crippen LogP contribution in [0.3, 0.4) is 0 Å². The molecule has 1 unspecified atom stereocenters. The molecule has 0 aliphatic heterocycles. The lowest BCUT2D eigenvalue weighted by atomic mass is 10.0. The van der Waals surface area contributed by atoms with Gasteiger partial charge in [0.2, 0.25) is 11.8 Å². The molecule has 22 heavy (non-hydrogen) atoms. The Hall–Kier alpha value is -2.17. The van der Waals surface area contributed by atoms with Gasteiger partial charge in [0, 0.05) is 24.2 Å². The molecule has 5 heteroatoms. The number of anilines is 1. The molecule has 2 N–H and O–H groups in total. The molecule has 1 aromatic rings. The van der Waals surface area contributed by atoms with E-state index in [0.717, 1.165) is 37.1 Å². The van der Waals surface area contributed by atoms with Gasteiger partial charge in [-0.05, 0) is 43.7 Å². The summed E-state index contributed by atoms with van der Waals surface area (Å²) in [6.07, 6.45) is 4.63. The Balaban J connectivity index is 1.71. The van der Waals surface area contributed by atoms with Gasteiger partial charge in [0.1, 0.15) is 0 Å². The number of carbonyl (C=O) groups excluding carboxylic acids is 2. The first kappa shape index (κ1) is 16.2. The van der Waals surface area contributed by atoms with Crippen molar-refractivity contribution in [2.75, 3.05) is 5.32 Å². The molecule has 2 rings (SSSR count). The highest BCUT2D eigenvalue weighted by Crippen LogP contribution is 2.24. The van der Waals surface area contributed by atoms with Crippen LogP contribution in [0, 0.1) is 5.92 Å². The predicted molar refractivity (Wildman–Crippen MR) is 87.5 cm³/mol. The molecule has 0 bridgehead atoms. The van der Waals surface area contributed by atoms with Crippen LogP contribution in [0.1, 0.15) is 45.4 Å². The molecule has 0 spiro atoms. The van der Waals surface area contributed by atoms with Crippen molar-refractivity contribution in [1.82, 2.24) is 5.43 Å². The zero-order valence-corrected chi connectivity index (χ0v) is 13.0. The average Bonchev–Trinajstić information content (AvgIpc) is 2.99. The summed E-state index contributed by atoms with van der Waals surface area (Å²) in [6.45, 7) is 2.14. The number of hydrogen-bond donors (Lipinski definition) is 2. The molecule has 1 saturated carbocycles. The summed E-state index contributed by atoms with van der Waals surface area (Å²) < 4.78 is 0. The second-order valence-corrected chi connectivity index (χ2v) is 5.55. The van der Waals surface area contributed by atoms with Gasteiger partial charge in [-0.15, -0.1) is 0 Å². The van der Waals surface area contributed by atoms with Gasteiger partial charge in [0.15, 0.2) is 0 Å². The fourth-order valence-corrected chi connectivity index (χ4v) is 2.65. The highest BCUT2D eigenvalue weighted by Gasteiger charge is 2.20. The van der Waals surface area contributed by atoms with E-state index in [4.69, 9.17) is 0 Å². The van der Waals surface area contributed by atoms with E-state index in [2.05, 4.69) is 22.8 Å². The maximum absolute atomic E-state index is 11.8. The first-order valence-electron chi connectivity index (χ1n) is 7.89. The minimum Gasteiger partial charge on any atom is -0.326 e. The second kappa shape index (κ2) is 8.32. The van der Waals surface area contributed by atoms with E-state index in [-0.39, 0.29) is 24.7 Å². The quantitative estimate of drug-likeness (QED) is 0.793. The summed E-state index contributed by atoms with van der Waals surface area (Å²) in [5, 5.41) is 6.98. The first-order chi connectivity index (χ1) is 10.7. The molecule has 1 aromatic carbocycles. The van der Waals surface area contributed by atoms with E-state index in [1.54, 1.807) is 0 Å². The predicted octanol–water partition coefficient (Wildman–Crippen LogP) is 3.09. The molecule has 5 nitrogen and oxygen atoms in total. The standard InChI is InChI=1S/C17H23N3O2/c1-2-13-7-6-10-15(13)19-20-17(22)12-11-16(21)18-14-8-4-3-5-9-14/h3-5,8-9,13H,2,6-7,10-12H2,1H3,(H,18,21)(H,20,22)/b19-15-. The number of rotatable bonds is 6. The molecule has 0 saturated heterocycles. The summed E-state index contributed by atoms with van der Waals surface area (Å²) in [5.74, 6) is 0.125. The number of benzene rings is 1. The number of hydrazone groups is 1.